The van der Waals surface area contributed by atoms with Gasteiger partial charge >= 0.3 is 0 Å². The van der Waals surface area contributed by atoms with Crippen molar-refractivity contribution in [3.63, 3.8) is 0 Å². The largest absolute Gasteiger partial charge is 0.361 e. The third-order valence-electron chi connectivity index (χ3n) is 5.02. The summed E-state index contributed by atoms with van der Waals surface area (Å²) >= 11 is 0. The number of carbonyl (C=O) groups excluding carboxylic acids is 1. The van der Waals surface area contributed by atoms with E-state index < -0.39 is 0 Å². The van der Waals surface area contributed by atoms with Crippen LogP contribution in [-0.2, 0) is 18.3 Å². The Balaban J connectivity index is 1.59. The van der Waals surface area contributed by atoms with Crippen molar-refractivity contribution in [1.82, 2.24) is 19.7 Å². The van der Waals surface area contributed by atoms with E-state index in [9.17, 15) is 4.79 Å². The summed E-state index contributed by atoms with van der Waals surface area (Å²) in [6.45, 7) is 2.93. The Kier molecular flexibility index (Phi) is 3.63. The van der Waals surface area contributed by atoms with E-state index in [1.54, 1.807) is 4.68 Å². The number of nitrogens with one attached hydrogen (secondary N) is 1. The predicted molar refractivity (Wildman–Crippen MR) is 93.6 cm³/mol. The molecule has 1 aliphatic heterocycles. The fourth-order valence-electron chi connectivity index (χ4n) is 3.88. The van der Waals surface area contributed by atoms with Crippen molar-refractivity contribution in [2.75, 3.05) is 6.54 Å². The summed E-state index contributed by atoms with van der Waals surface area (Å²) in [5.74, 6) is 0.200. The molecular weight excluding hydrogens is 300 g/mol. The average Bonchev–Trinajstić information content (AvgIpc) is 3.26. The number of aromatic amines is 1. The molecule has 0 aliphatic carbocycles. The zero-order chi connectivity index (χ0) is 16.7. The van der Waals surface area contributed by atoms with E-state index in [-0.39, 0.29) is 11.9 Å². The molecule has 1 saturated heterocycles. The Morgan fingerprint density at radius 3 is 3.08 bits per heavy atom. The Bertz CT molecular complexity index is 892. The third kappa shape index (κ3) is 2.50. The molecule has 3 aromatic rings. The Morgan fingerprint density at radius 2 is 2.29 bits per heavy atom. The number of aromatic nitrogens is 3. The number of aryl methyl sites for hydroxylation is 2. The van der Waals surface area contributed by atoms with Crippen molar-refractivity contribution in [2.45, 2.75) is 32.2 Å². The highest BCUT2D eigenvalue weighted by Gasteiger charge is 2.31. The molecule has 1 amide bonds. The summed E-state index contributed by atoms with van der Waals surface area (Å²) in [4.78, 5) is 18.3. The van der Waals surface area contributed by atoms with Crippen molar-refractivity contribution >= 4 is 16.8 Å². The van der Waals surface area contributed by atoms with E-state index >= 15 is 0 Å². The van der Waals surface area contributed by atoms with Gasteiger partial charge < -0.3 is 9.88 Å². The summed E-state index contributed by atoms with van der Waals surface area (Å²) in [7, 11) is 1.92. The summed E-state index contributed by atoms with van der Waals surface area (Å²) in [6, 6.07) is 6.36. The van der Waals surface area contributed by atoms with Crippen LogP contribution in [0.4, 0.5) is 0 Å². The lowest BCUT2D eigenvalue weighted by atomic mass is 10.0. The monoisotopic (exact) mass is 322 g/mol. The summed E-state index contributed by atoms with van der Waals surface area (Å²) in [5, 5.41) is 5.44. The number of hydrogen-bond acceptors (Lipinski definition) is 2. The summed E-state index contributed by atoms with van der Waals surface area (Å²) in [5.41, 5.74) is 4.54. The van der Waals surface area contributed by atoms with Crippen LogP contribution < -0.4 is 0 Å². The molecule has 5 nitrogen and oxygen atoms in total. The molecule has 0 bridgehead atoms. The van der Waals surface area contributed by atoms with Crippen LogP contribution in [0, 0.1) is 6.92 Å². The second-order valence-electron chi connectivity index (χ2n) is 6.68. The number of rotatable bonds is 3. The molecule has 5 heteroatoms. The van der Waals surface area contributed by atoms with Crippen LogP contribution in [0.3, 0.4) is 0 Å². The third-order valence-corrected chi connectivity index (χ3v) is 5.02. The van der Waals surface area contributed by atoms with Gasteiger partial charge in [0.25, 0.3) is 0 Å². The molecule has 2 aromatic heterocycles. The van der Waals surface area contributed by atoms with E-state index in [1.165, 1.54) is 10.9 Å². The highest BCUT2D eigenvalue weighted by atomic mass is 16.2. The Labute approximate surface area is 141 Å². The number of H-pyrrole nitrogens is 1. The molecule has 0 radical (unpaired) electrons. The topological polar surface area (TPSA) is 53.9 Å². The molecular formula is C19H22N4O. The molecule has 124 valence electrons. The SMILES string of the molecule is Cc1cccc2[nH]cc(CC(=O)N3CCCC3c3cnn(C)c3)c12. The first-order valence-corrected chi connectivity index (χ1v) is 8.47. The molecule has 3 heterocycles. The average molecular weight is 322 g/mol. The molecule has 1 atom stereocenters. The number of hydrogen-bond donors (Lipinski definition) is 1. The predicted octanol–water partition coefficient (Wildman–Crippen LogP) is 3.12. The van der Waals surface area contributed by atoms with Crippen molar-refractivity contribution in [1.29, 1.82) is 0 Å². The van der Waals surface area contributed by atoms with Gasteiger partial charge in [0.05, 0.1) is 18.7 Å². The van der Waals surface area contributed by atoms with Crippen LogP contribution in [0.1, 0.15) is 35.6 Å². The van der Waals surface area contributed by atoms with Crippen LogP contribution in [-0.4, -0.2) is 32.1 Å². The van der Waals surface area contributed by atoms with Crippen molar-refractivity contribution in [2.24, 2.45) is 7.05 Å². The van der Waals surface area contributed by atoms with Gasteiger partial charge in [0.1, 0.15) is 0 Å². The minimum absolute atomic E-state index is 0.164. The van der Waals surface area contributed by atoms with Crippen molar-refractivity contribution < 1.29 is 4.79 Å². The van der Waals surface area contributed by atoms with E-state index in [0.29, 0.717) is 6.42 Å². The lowest BCUT2D eigenvalue weighted by molar-refractivity contribution is -0.131. The lowest BCUT2D eigenvalue weighted by Crippen LogP contribution is -2.31. The van der Waals surface area contributed by atoms with E-state index in [2.05, 4.69) is 29.1 Å². The second kappa shape index (κ2) is 5.82. The first-order valence-electron chi connectivity index (χ1n) is 8.47. The van der Waals surface area contributed by atoms with Gasteiger partial charge in [0.2, 0.25) is 5.91 Å². The number of fused-ring (bicyclic) bond motifs is 1. The molecule has 4 rings (SSSR count). The Hall–Kier alpha value is -2.56. The van der Waals surface area contributed by atoms with Gasteiger partial charge in [-0.3, -0.25) is 9.48 Å². The fourth-order valence-corrected chi connectivity index (χ4v) is 3.88. The standard InChI is InChI=1S/C19H22N4O/c1-13-5-3-6-16-19(13)14(10-20-16)9-18(24)23-8-4-7-17(23)15-11-21-22(2)12-15/h3,5-6,10-12,17,20H,4,7-9H2,1-2H3. The van der Waals surface area contributed by atoms with Crippen LogP contribution in [0.25, 0.3) is 10.9 Å². The molecule has 1 aromatic carbocycles. The van der Waals surface area contributed by atoms with Gasteiger partial charge in [-0.05, 0) is 37.0 Å². The summed E-state index contributed by atoms with van der Waals surface area (Å²) < 4.78 is 1.80. The normalized spacial score (nSPS) is 17.8. The highest BCUT2D eigenvalue weighted by Crippen LogP contribution is 2.32. The molecule has 1 fully saturated rings. The van der Waals surface area contributed by atoms with Crippen molar-refractivity contribution in [3.05, 3.63) is 53.5 Å². The molecule has 1 N–H and O–H groups in total. The maximum atomic E-state index is 12.9. The second-order valence-corrected chi connectivity index (χ2v) is 6.68. The molecule has 1 aliphatic rings. The highest BCUT2D eigenvalue weighted by molar-refractivity contribution is 5.91. The maximum Gasteiger partial charge on any atom is 0.227 e. The first kappa shape index (κ1) is 15.0. The number of benzene rings is 1. The smallest absolute Gasteiger partial charge is 0.227 e. The number of likely N-dealkylation sites (tertiary alicyclic amines) is 1. The number of nitrogens with zero attached hydrogens (tertiary/aromatic N) is 3. The van der Waals surface area contributed by atoms with Gasteiger partial charge in [-0.15, -0.1) is 0 Å². The van der Waals surface area contributed by atoms with Crippen LogP contribution in [0.15, 0.2) is 36.8 Å². The van der Waals surface area contributed by atoms with E-state index in [1.807, 2.05) is 36.6 Å². The van der Waals surface area contributed by atoms with Gasteiger partial charge in [0, 0.05) is 42.5 Å². The minimum Gasteiger partial charge on any atom is -0.361 e. The fraction of sp³-hybridized carbons (Fsp3) is 0.368. The van der Waals surface area contributed by atoms with Crippen LogP contribution in [0.5, 0.6) is 0 Å². The lowest BCUT2D eigenvalue weighted by Gasteiger charge is -2.24. The van der Waals surface area contributed by atoms with E-state index in [0.717, 1.165) is 36.0 Å². The quantitative estimate of drug-likeness (QED) is 0.805. The summed E-state index contributed by atoms with van der Waals surface area (Å²) in [6.07, 6.45) is 8.40. The Morgan fingerprint density at radius 1 is 1.42 bits per heavy atom. The van der Waals surface area contributed by atoms with Gasteiger partial charge in [-0.1, -0.05) is 12.1 Å². The van der Waals surface area contributed by atoms with Gasteiger partial charge in [0.15, 0.2) is 0 Å². The van der Waals surface area contributed by atoms with Crippen LogP contribution in [0.2, 0.25) is 0 Å². The minimum atomic E-state index is 0.164. The van der Waals surface area contributed by atoms with Crippen molar-refractivity contribution in [3.8, 4) is 0 Å². The molecule has 1 unspecified atom stereocenters. The zero-order valence-corrected chi connectivity index (χ0v) is 14.1. The number of amides is 1. The zero-order valence-electron chi connectivity index (χ0n) is 14.1. The maximum absolute atomic E-state index is 12.9. The van der Waals surface area contributed by atoms with Gasteiger partial charge in [-0.25, -0.2) is 0 Å². The molecule has 0 saturated carbocycles. The first-order chi connectivity index (χ1) is 11.6. The van der Waals surface area contributed by atoms with E-state index in [4.69, 9.17) is 0 Å². The molecule has 24 heavy (non-hydrogen) atoms. The molecule has 0 spiro atoms. The van der Waals surface area contributed by atoms with Crippen LogP contribution >= 0.6 is 0 Å². The van der Waals surface area contributed by atoms with Gasteiger partial charge in [-0.2, -0.15) is 5.10 Å². The number of carbonyl (C=O) groups is 1.